The zero-order valence-corrected chi connectivity index (χ0v) is 13.0. The van der Waals surface area contributed by atoms with E-state index in [1.54, 1.807) is 7.11 Å². The highest BCUT2D eigenvalue weighted by molar-refractivity contribution is 4.96. The number of methoxy groups -OCH3 is 1. The third-order valence-corrected chi connectivity index (χ3v) is 3.59. The molecule has 1 fully saturated rings. The largest absolute Gasteiger partial charge is 0.382 e. The summed E-state index contributed by atoms with van der Waals surface area (Å²) in [6, 6.07) is 0.244. The first kappa shape index (κ1) is 16.4. The fraction of sp³-hybridized carbons (Fsp3) is 0.857. The Labute approximate surface area is 126 Å². The van der Waals surface area contributed by atoms with Gasteiger partial charge < -0.3 is 19.3 Å². The minimum atomic E-state index is 0.244. The molecule has 1 aliphatic heterocycles. The van der Waals surface area contributed by atoms with Crippen LogP contribution in [0.4, 0.5) is 0 Å². The van der Waals surface area contributed by atoms with Gasteiger partial charge in [0.1, 0.15) is 6.61 Å². The van der Waals surface area contributed by atoms with Crippen LogP contribution in [0.15, 0.2) is 4.52 Å². The van der Waals surface area contributed by atoms with E-state index < -0.39 is 0 Å². The summed E-state index contributed by atoms with van der Waals surface area (Å²) in [7, 11) is 1.65. The van der Waals surface area contributed by atoms with E-state index in [2.05, 4.69) is 27.3 Å². The number of rotatable bonds is 9. The van der Waals surface area contributed by atoms with Crippen LogP contribution < -0.4 is 5.32 Å². The Hall–Kier alpha value is -1.02. The van der Waals surface area contributed by atoms with Crippen molar-refractivity contribution in [1.82, 2.24) is 20.4 Å². The topological polar surface area (TPSA) is 72.7 Å². The molecule has 0 radical (unpaired) electrons. The van der Waals surface area contributed by atoms with Gasteiger partial charge in [-0.15, -0.1) is 0 Å². The first-order valence-corrected chi connectivity index (χ1v) is 7.69. The summed E-state index contributed by atoms with van der Waals surface area (Å²) < 4.78 is 15.6. The van der Waals surface area contributed by atoms with E-state index in [0.717, 1.165) is 44.8 Å². The molecule has 7 nitrogen and oxygen atoms in total. The van der Waals surface area contributed by atoms with Gasteiger partial charge in [-0.3, -0.25) is 4.90 Å². The zero-order chi connectivity index (χ0) is 14.9. The summed E-state index contributed by atoms with van der Waals surface area (Å²) in [5, 5.41) is 7.52. The molecule has 1 N–H and O–H groups in total. The molecule has 0 spiro atoms. The monoisotopic (exact) mass is 298 g/mol. The molecule has 0 saturated carbocycles. The van der Waals surface area contributed by atoms with Crippen LogP contribution in [0.1, 0.15) is 37.5 Å². The molecule has 1 aromatic rings. The van der Waals surface area contributed by atoms with Crippen molar-refractivity contribution in [2.45, 2.75) is 32.4 Å². The highest BCUT2D eigenvalue weighted by Crippen LogP contribution is 2.23. The van der Waals surface area contributed by atoms with Gasteiger partial charge in [0.15, 0.2) is 5.82 Å². The molecule has 120 valence electrons. The van der Waals surface area contributed by atoms with Crippen molar-refractivity contribution in [3.05, 3.63) is 11.7 Å². The van der Waals surface area contributed by atoms with Crippen molar-refractivity contribution in [1.29, 1.82) is 0 Å². The number of aromatic nitrogens is 2. The first-order chi connectivity index (χ1) is 10.3. The second-order valence-electron chi connectivity index (χ2n) is 5.18. The van der Waals surface area contributed by atoms with Crippen molar-refractivity contribution >= 4 is 0 Å². The van der Waals surface area contributed by atoms with Crippen LogP contribution >= 0.6 is 0 Å². The lowest BCUT2D eigenvalue weighted by Crippen LogP contribution is -2.45. The Morgan fingerprint density at radius 3 is 2.86 bits per heavy atom. The van der Waals surface area contributed by atoms with Gasteiger partial charge in [0.25, 0.3) is 5.89 Å². The zero-order valence-electron chi connectivity index (χ0n) is 13.0. The lowest BCUT2D eigenvalue weighted by Gasteiger charge is -2.33. The van der Waals surface area contributed by atoms with Crippen molar-refractivity contribution in [2.75, 3.05) is 46.5 Å². The molecule has 0 aliphatic carbocycles. The SMILES string of the molecule is CCCC(c1noc(COCCOC)n1)N1CCNCC1. The normalized spacial score (nSPS) is 18.0. The number of nitrogens with zero attached hydrogens (tertiary/aromatic N) is 3. The van der Waals surface area contributed by atoms with Gasteiger partial charge in [0, 0.05) is 33.3 Å². The quantitative estimate of drug-likeness (QED) is 0.681. The molecule has 1 aromatic heterocycles. The highest BCUT2D eigenvalue weighted by Gasteiger charge is 2.25. The van der Waals surface area contributed by atoms with E-state index in [1.807, 2.05) is 0 Å². The van der Waals surface area contributed by atoms with Gasteiger partial charge in [-0.2, -0.15) is 4.98 Å². The predicted octanol–water partition coefficient (Wildman–Crippen LogP) is 0.979. The molecular formula is C14H26N4O3. The van der Waals surface area contributed by atoms with Gasteiger partial charge in [0.2, 0.25) is 0 Å². The second kappa shape index (κ2) is 9.09. The minimum Gasteiger partial charge on any atom is -0.382 e. The van der Waals surface area contributed by atoms with Crippen LogP contribution in [0.3, 0.4) is 0 Å². The van der Waals surface area contributed by atoms with Crippen LogP contribution in [-0.4, -0.2) is 61.5 Å². The van der Waals surface area contributed by atoms with Gasteiger partial charge in [-0.1, -0.05) is 18.5 Å². The lowest BCUT2D eigenvalue weighted by atomic mass is 10.1. The predicted molar refractivity (Wildman–Crippen MR) is 77.9 cm³/mol. The molecule has 0 amide bonds. The Kier molecular flexibility index (Phi) is 7.08. The van der Waals surface area contributed by atoms with Crippen LogP contribution in [0.25, 0.3) is 0 Å². The fourth-order valence-corrected chi connectivity index (χ4v) is 2.51. The van der Waals surface area contributed by atoms with Crippen molar-refractivity contribution in [2.24, 2.45) is 0 Å². The van der Waals surface area contributed by atoms with Gasteiger partial charge in [-0.25, -0.2) is 0 Å². The van der Waals surface area contributed by atoms with E-state index in [9.17, 15) is 0 Å². The third-order valence-electron chi connectivity index (χ3n) is 3.59. The van der Waals surface area contributed by atoms with Gasteiger partial charge >= 0.3 is 0 Å². The average Bonchev–Trinajstić information content (AvgIpc) is 2.98. The van der Waals surface area contributed by atoms with Crippen LogP contribution in [-0.2, 0) is 16.1 Å². The summed E-state index contributed by atoms with van der Waals surface area (Å²) in [6.07, 6.45) is 2.15. The summed E-state index contributed by atoms with van der Waals surface area (Å²) in [6.45, 7) is 7.72. The molecule has 2 rings (SSSR count). The van der Waals surface area contributed by atoms with E-state index in [1.165, 1.54) is 0 Å². The second-order valence-corrected chi connectivity index (χ2v) is 5.18. The fourth-order valence-electron chi connectivity index (χ4n) is 2.51. The van der Waals surface area contributed by atoms with Gasteiger partial charge in [0.05, 0.1) is 19.3 Å². The van der Waals surface area contributed by atoms with E-state index >= 15 is 0 Å². The lowest BCUT2D eigenvalue weighted by molar-refractivity contribution is 0.0494. The van der Waals surface area contributed by atoms with Gasteiger partial charge in [-0.05, 0) is 6.42 Å². The number of hydrogen-bond donors (Lipinski definition) is 1. The Morgan fingerprint density at radius 2 is 2.14 bits per heavy atom. The number of hydrogen-bond acceptors (Lipinski definition) is 7. The standard InChI is InChI=1S/C14H26N4O3/c1-3-4-12(18-7-5-15-6-8-18)14-16-13(21-17-14)11-20-10-9-19-2/h12,15H,3-11H2,1-2H3. The Bertz CT molecular complexity index is 393. The molecule has 1 aliphatic rings. The van der Waals surface area contributed by atoms with E-state index in [4.69, 9.17) is 14.0 Å². The number of nitrogens with one attached hydrogen (secondary N) is 1. The van der Waals surface area contributed by atoms with Crippen LogP contribution in [0.2, 0.25) is 0 Å². The third kappa shape index (κ3) is 5.03. The molecule has 0 bridgehead atoms. The molecule has 1 saturated heterocycles. The molecule has 1 unspecified atom stereocenters. The first-order valence-electron chi connectivity index (χ1n) is 7.69. The smallest absolute Gasteiger partial charge is 0.252 e. The maximum absolute atomic E-state index is 5.41. The minimum absolute atomic E-state index is 0.244. The van der Waals surface area contributed by atoms with Crippen LogP contribution in [0, 0.1) is 0 Å². The number of ether oxygens (including phenoxy) is 2. The maximum atomic E-state index is 5.41. The van der Waals surface area contributed by atoms with Crippen molar-refractivity contribution in [3.8, 4) is 0 Å². The average molecular weight is 298 g/mol. The Balaban J connectivity index is 1.91. The molecule has 21 heavy (non-hydrogen) atoms. The molecule has 7 heteroatoms. The summed E-state index contributed by atoms with van der Waals surface area (Å²) in [4.78, 5) is 6.93. The molecule has 1 atom stereocenters. The van der Waals surface area contributed by atoms with Crippen LogP contribution in [0.5, 0.6) is 0 Å². The molecule has 2 heterocycles. The van der Waals surface area contributed by atoms with E-state index in [0.29, 0.717) is 25.7 Å². The summed E-state index contributed by atoms with van der Waals surface area (Å²) in [5.74, 6) is 1.32. The summed E-state index contributed by atoms with van der Waals surface area (Å²) >= 11 is 0. The molecular weight excluding hydrogens is 272 g/mol. The van der Waals surface area contributed by atoms with Crippen molar-refractivity contribution < 1.29 is 14.0 Å². The highest BCUT2D eigenvalue weighted by atomic mass is 16.5. The maximum Gasteiger partial charge on any atom is 0.252 e. The van der Waals surface area contributed by atoms with E-state index in [-0.39, 0.29) is 6.04 Å². The molecule has 0 aromatic carbocycles. The van der Waals surface area contributed by atoms with Crippen molar-refractivity contribution in [3.63, 3.8) is 0 Å². The Morgan fingerprint density at radius 1 is 1.33 bits per heavy atom. The summed E-state index contributed by atoms with van der Waals surface area (Å²) in [5.41, 5.74) is 0. The number of piperazine rings is 1.